The maximum Gasteiger partial charge on any atom is 0.224 e. The number of benzene rings is 1. The summed E-state index contributed by atoms with van der Waals surface area (Å²) in [5, 5.41) is 13.4. The average molecular weight is 275 g/mol. The van der Waals surface area contributed by atoms with Crippen molar-refractivity contribution in [2.24, 2.45) is 0 Å². The van der Waals surface area contributed by atoms with E-state index in [2.05, 4.69) is 5.32 Å². The summed E-state index contributed by atoms with van der Waals surface area (Å²) < 4.78 is 0. The lowest BCUT2D eigenvalue weighted by molar-refractivity contribution is -0.121. The van der Waals surface area contributed by atoms with Crippen molar-refractivity contribution >= 4 is 5.91 Å². The molecule has 0 unspecified atom stereocenters. The monoisotopic (exact) mass is 275 g/mol. The van der Waals surface area contributed by atoms with Gasteiger partial charge in [-0.3, -0.25) is 4.79 Å². The summed E-state index contributed by atoms with van der Waals surface area (Å²) >= 11 is 0. The second-order valence-electron chi connectivity index (χ2n) is 6.08. The zero-order valence-corrected chi connectivity index (χ0v) is 12.3. The molecule has 3 nitrogen and oxygen atoms in total. The molecular weight excluding hydrogens is 250 g/mol. The molecule has 0 aliphatic heterocycles. The Labute approximate surface area is 121 Å². The molecule has 1 aromatic carbocycles. The minimum atomic E-state index is -0.696. The molecule has 1 amide bonds. The van der Waals surface area contributed by atoms with Crippen molar-refractivity contribution in [3.8, 4) is 0 Å². The van der Waals surface area contributed by atoms with Gasteiger partial charge in [-0.2, -0.15) is 0 Å². The molecule has 0 aromatic heterocycles. The van der Waals surface area contributed by atoms with E-state index in [9.17, 15) is 9.90 Å². The third-order valence-corrected chi connectivity index (χ3v) is 4.10. The van der Waals surface area contributed by atoms with Crippen LogP contribution in [0.2, 0.25) is 0 Å². The second-order valence-corrected chi connectivity index (χ2v) is 6.08. The van der Waals surface area contributed by atoms with E-state index in [1.807, 2.05) is 31.2 Å². The van der Waals surface area contributed by atoms with Crippen molar-refractivity contribution < 1.29 is 9.90 Å². The zero-order chi connectivity index (χ0) is 14.4. The standard InChI is InChI=1S/C17H25NO2/c1-14-7-6-8-15(11-14)12-16(19)18-13-17(20)9-4-2-3-5-10-17/h6-8,11,20H,2-5,9-10,12-13H2,1H3,(H,18,19). The smallest absolute Gasteiger partial charge is 0.224 e. The van der Waals surface area contributed by atoms with Crippen LogP contribution in [0.3, 0.4) is 0 Å². The van der Waals surface area contributed by atoms with Crippen molar-refractivity contribution in [2.75, 3.05) is 6.54 Å². The van der Waals surface area contributed by atoms with E-state index >= 15 is 0 Å². The first kappa shape index (κ1) is 15.0. The highest BCUT2D eigenvalue weighted by molar-refractivity contribution is 5.78. The molecule has 1 aliphatic rings. The maximum absolute atomic E-state index is 12.0. The van der Waals surface area contributed by atoms with Gasteiger partial charge in [-0.05, 0) is 25.3 Å². The van der Waals surface area contributed by atoms with Crippen molar-refractivity contribution in [1.82, 2.24) is 5.32 Å². The first-order chi connectivity index (χ1) is 9.57. The van der Waals surface area contributed by atoms with E-state index in [4.69, 9.17) is 0 Å². The van der Waals surface area contributed by atoms with Gasteiger partial charge in [-0.1, -0.05) is 55.5 Å². The first-order valence-electron chi connectivity index (χ1n) is 7.62. The molecule has 0 atom stereocenters. The summed E-state index contributed by atoms with van der Waals surface area (Å²) in [6, 6.07) is 7.99. The largest absolute Gasteiger partial charge is 0.388 e. The Kier molecular flexibility index (Phi) is 5.18. The Balaban J connectivity index is 1.82. The molecule has 20 heavy (non-hydrogen) atoms. The number of aliphatic hydroxyl groups is 1. The summed E-state index contributed by atoms with van der Waals surface area (Å²) in [5.41, 5.74) is 1.49. The number of carbonyl (C=O) groups is 1. The van der Waals surface area contributed by atoms with E-state index in [1.54, 1.807) is 0 Å². The van der Waals surface area contributed by atoms with Crippen LogP contribution in [-0.4, -0.2) is 23.2 Å². The van der Waals surface area contributed by atoms with Gasteiger partial charge >= 0.3 is 0 Å². The van der Waals surface area contributed by atoms with E-state index in [1.165, 1.54) is 12.8 Å². The lowest BCUT2D eigenvalue weighted by Crippen LogP contribution is -2.43. The number of amides is 1. The van der Waals surface area contributed by atoms with Gasteiger partial charge in [0.25, 0.3) is 0 Å². The predicted molar refractivity (Wildman–Crippen MR) is 80.5 cm³/mol. The van der Waals surface area contributed by atoms with Gasteiger partial charge in [-0.25, -0.2) is 0 Å². The van der Waals surface area contributed by atoms with Crippen LogP contribution < -0.4 is 5.32 Å². The predicted octanol–water partition coefficient (Wildman–Crippen LogP) is 2.74. The summed E-state index contributed by atoms with van der Waals surface area (Å²) in [7, 11) is 0. The van der Waals surface area contributed by atoms with Crippen molar-refractivity contribution in [3.63, 3.8) is 0 Å². The Bertz CT molecular complexity index is 448. The van der Waals surface area contributed by atoms with Crippen molar-refractivity contribution in [1.29, 1.82) is 0 Å². The fourth-order valence-corrected chi connectivity index (χ4v) is 2.90. The summed E-state index contributed by atoms with van der Waals surface area (Å²) in [4.78, 5) is 12.0. The van der Waals surface area contributed by atoms with Crippen LogP contribution in [0, 0.1) is 6.92 Å². The topological polar surface area (TPSA) is 49.3 Å². The third kappa shape index (κ3) is 4.64. The minimum absolute atomic E-state index is 0.00623. The lowest BCUT2D eigenvalue weighted by atomic mass is 9.94. The van der Waals surface area contributed by atoms with Crippen LogP contribution in [0.4, 0.5) is 0 Å². The molecule has 1 saturated carbocycles. The Morgan fingerprint density at radius 1 is 1.25 bits per heavy atom. The lowest BCUT2D eigenvalue weighted by Gasteiger charge is -2.26. The summed E-state index contributed by atoms with van der Waals surface area (Å²) in [5.74, 6) is -0.00623. The molecule has 0 spiro atoms. The van der Waals surface area contributed by atoms with Crippen LogP contribution in [0.15, 0.2) is 24.3 Å². The average Bonchev–Trinajstić information content (AvgIpc) is 2.62. The van der Waals surface area contributed by atoms with Crippen molar-refractivity contribution in [3.05, 3.63) is 35.4 Å². The molecule has 2 rings (SSSR count). The van der Waals surface area contributed by atoms with Gasteiger partial charge in [0.2, 0.25) is 5.91 Å². The van der Waals surface area contributed by atoms with Crippen LogP contribution in [0.1, 0.15) is 49.7 Å². The van der Waals surface area contributed by atoms with Gasteiger partial charge in [0.1, 0.15) is 0 Å². The Morgan fingerprint density at radius 2 is 1.95 bits per heavy atom. The van der Waals surface area contributed by atoms with Gasteiger partial charge < -0.3 is 10.4 Å². The molecule has 0 saturated heterocycles. The molecule has 3 heteroatoms. The number of nitrogens with one attached hydrogen (secondary N) is 1. The SMILES string of the molecule is Cc1cccc(CC(=O)NCC2(O)CCCCCC2)c1. The number of rotatable bonds is 4. The highest BCUT2D eigenvalue weighted by atomic mass is 16.3. The molecule has 1 fully saturated rings. The van der Waals surface area contributed by atoms with Gasteiger partial charge in [0, 0.05) is 6.54 Å². The quantitative estimate of drug-likeness (QED) is 0.830. The molecule has 0 bridgehead atoms. The Hall–Kier alpha value is -1.35. The highest BCUT2D eigenvalue weighted by Gasteiger charge is 2.28. The molecule has 110 valence electrons. The van der Waals surface area contributed by atoms with Gasteiger partial charge in [-0.15, -0.1) is 0 Å². The zero-order valence-electron chi connectivity index (χ0n) is 12.3. The molecule has 2 N–H and O–H groups in total. The number of hydrogen-bond donors (Lipinski definition) is 2. The normalized spacial score (nSPS) is 18.3. The number of aryl methyl sites for hydroxylation is 1. The van der Waals surface area contributed by atoms with E-state index < -0.39 is 5.60 Å². The number of hydrogen-bond acceptors (Lipinski definition) is 2. The first-order valence-corrected chi connectivity index (χ1v) is 7.62. The number of carbonyl (C=O) groups excluding carboxylic acids is 1. The summed E-state index contributed by atoms with van der Waals surface area (Å²) in [6.07, 6.45) is 6.50. The van der Waals surface area contributed by atoms with E-state index in [0.717, 1.165) is 36.8 Å². The maximum atomic E-state index is 12.0. The van der Waals surface area contributed by atoms with Crippen LogP contribution in [-0.2, 0) is 11.2 Å². The highest BCUT2D eigenvalue weighted by Crippen LogP contribution is 2.26. The van der Waals surface area contributed by atoms with Crippen LogP contribution >= 0.6 is 0 Å². The third-order valence-electron chi connectivity index (χ3n) is 4.10. The van der Waals surface area contributed by atoms with Gasteiger partial charge in [0.15, 0.2) is 0 Å². The van der Waals surface area contributed by atoms with E-state index in [0.29, 0.717) is 13.0 Å². The van der Waals surface area contributed by atoms with Gasteiger partial charge in [0.05, 0.1) is 12.0 Å². The fourth-order valence-electron chi connectivity index (χ4n) is 2.90. The molecule has 1 aliphatic carbocycles. The molecule has 0 radical (unpaired) electrons. The molecule has 0 heterocycles. The van der Waals surface area contributed by atoms with Crippen LogP contribution in [0.25, 0.3) is 0 Å². The summed E-state index contributed by atoms with van der Waals surface area (Å²) in [6.45, 7) is 2.41. The molecular formula is C17H25NO2. The Morgan fingerprint density at radius 3 is 2.60 bits per heavy atom. The van der Waals surface area contributed by atoms with E-state index in [-0.39, 0.29) is 5.91 Å². The van der Waals surface area contributed by atoms with Crippen molar-refractivity contribution in [2.45, 2.75) is 57.5 Å². The second kappa shape index (κ2) is 6.89. The minimum Gasteiger partial charge on any atom is -0.388 e. The van der Waals surface area contributed by atoms with Crippen LogP contribution in [0.5, 0.6) is 0 Å². The fraction of sp³-hybridized carbons (Fsp3) is 0.588. The molecule has 1 aromatic rings.